The van der Waals surface area contributed by atoms with E-state index in [4.69, 9.17) is 0 Å². The van der Waals surface area contributed by atoms with Crippen molar-refractivity contribution in [1.82, 2.24) is 10.2 Å². The number of hydrogen-bond acceptors (Lipinski definition) is 4. The van der Waals surface area contributed by atoms with Crippen LogP contribution < -0.4 is 10.6 Å². The highest BCUT2D eigenvalue weighted by atomic mass is 32.1. The quantitative estimate of drug-likeness (QED) is 0.675. The van der Waals surface area contributed by atoms with Gasteiger partial charge in [-0.2, -0.15) is 0 Å². The van der Waals surface area contributed by atoms with Crippen LogP contribution in [0.25, 0.3) is 0 Å². The van der Waals surface area contributed by atoms with Gasteiger partial charge >= 0.3 is 0 Å². The first-order valence-electron chi connectivity index (χ1n) is 7.63. The highest BCUT2D eigenvalue weighted by molar-refractivity contribution is 7.16. The molecule has 1 aromatic carbocycles. The molecule has 1 fully saturated rings. The minimum atomic E-state index is 1.01. The predicted molar refractivity (Wildman–Crippen MR) is 95.7 cm³/mol. The molecule has 116 valence electrons. The van der Waals surface area contributed by atoms with Gasteiger partial charge in [0.2, 0.25) is 0 Å². The molecule has 0 spiro atoms. The average Bonchev–Trinajstić information content (AvgIpc) is 2.90. The van der Waals surface area contributed by atoms with E-state index in [-0.39, 0.29) is 0 Å². The van der Waals surface area contributed by atoms with Crippen LogP contribution in [-0.4, -0.2) is 44.0 Å². The molecule has 0 amide bonds. The summed E-state index contributed by atoms with van der Waals surface area (Å²) in [5.41, 5.74) is 2.32. The highest BCUT2D eigenvalue weighted by Crippen LogP contribution is 2.31. The number of nitrogens with one attached hydrogen (secondary N) is 2. The van der Waals surface area contributed by atoms with E-state index in [9.17, 15) is 0 Å². The Kier molecular flexibility index (Phi) is 4.75. The number of amidine groups is 1. The van der Waals surface area contributed by atoms with Crippen LogP contribution in [-0.2, 0) is 0 Å². The van der Waals surface area contributed by atoms with Crippen LogP contribution in [0.5, 0.6) is 0 Å². The van der Waals surface area contributed by atoms with Crippen molar-refractivity contribution in [3.8, 4) is 0 Å². The Morgan fingerprint density at radius 1 is 1.23 bits per heavy atom. The lowest BCUT2D eigenvalue weighted by Gasteiger charge is -2.30. The van der Waals surface area contributed by atoms with Gasteiger partial charge in [0.25, 0.3) is 0 Å². The standard InChI is InChI=1S/C17H22N4S/c1-13-12-15(16(18-2)21-10-8-19-9-11-21)17(22-13)20-14-6-4-3-5-7-14/h3-7,12,19-20H,8-11H2,1-2H3. The second-order valence-electron chi connectivity index (χ2n) is 5.38. The molecular formula is C17H22N4S. The van der Waals surface area contributed by atoms with E-state index >= 15 is 0 Å². The summed E-state index contributed by atoms with van der Waals surface area (Å²) in [5.74, 6) is 1.09. The van der Waals surface area contributed by atoms with Crippen molar-refractivity contribution in [2.75, 3.05) is 38.5 Å². The lowest BCUT2D eigenvalue weighted by atomic mass is 10.2. The second kappa shape index (κ2) is 6.94. The average molecular weight is 314 g/mol. The van der Waals surface area contributed by atoms with E-state index in [0.717, 1.165) is 37.7 Å². The van der Waals surface area contributed by atoms with Gasteiger partial charge in [-0.15, -0.1) is 11.3 Å². The summed E-state index contributed by atoms with van der Waals surface area (Å²) in [6, 6.07) is 12.5. The number of anilines is 2. The molecule has 0 aliphatic carbocycles. The number of benzene rings is 1. The molecule has 1 saturated heterocycles. The highest BCUT2D eigenvalue weighted by Gasteiger charge is 2.20. The van der Waals surface area contributed by atoms with E-state index in [1.807, 2.05) is 25.2 Å². The maximum Gasteiger partial charge on any atom is 0.133 e. The molecule has 0 saturated carbocycles. The number of aliphatic imine (C=N–C) groups is 1. The van der Waals surface area contributed by atoms with Crippen molar-refractivity contribution >= 4 is 27.9 Å². The molecular weight excluding hydrogens is 292 g/mol. The third kappa shape index (κ3) is 3.31. The normalized spacial score (nSPS) is 15.9. The zero-order valence-electron chi connectivity index (χ0n) is 13.1. The smallest absolute Gasteiger partial charge is 0.133 e. The lowest BCUT2D eigenvalue weighted by molar-refractivity contribution is 0.358. The van der Waals surface area contributed by atoms with Crippen molar-refractivity contribution in [1.29, 1.82) is 0 Å². The van der Waals surface area contributed by atoms with Gasteiger partial charge < -0.3 is 15.5 Å². The minimum absolute atomic E-state index is 1.01. The molecule has 1 aliphatic heterocycles. The summed E-state index contributed by atoms with van der Waals surface area (Å²) in [4.78, 5) is 8.24. The summed E-state index contributed by atoms with van der Waals surface area (Å²) < 4.78 is 0. The summed E-state index contributed by atoms with van der Waals surface area (Å²) in [6.07, 6.45) is 0. The molecule has 5 heteroatoms. The van der Waals surface area contributed by atoms with E-state index in [1.54, 1.807) is 11.3 Å². The van der Waals surface area contributed by atoms with Gasteiger partial charge in [-0.05, 0) is 25.1 Å². The maximum atomic E-state index is 4.58. The zero-order valence-corrected chi connectivity index (χ0v) is 13.9. The Morgan fingerprint density at radius 2 is 1.95 bits per heavy atom. The SMILES string of the molecule is CN=C(c1cc(C)sc1Nc1ccccc1)N1CCNCC1. The van der Waals surface area contributed by atoms with Crippen LogP contribution in [0, 0.1) is 6.92 Å². The molecule has 0 atom stereocenters. The van der Waals surface area contributed by atoms with Gasteiger partial charge in [0.1, 0.15) is 10.8 Å². The first kappa shape index (κ1) is 15.1. The molecule has 1 aliphatic rings. The molecule has 0 radical (unpaired) electrons. The molecule has 2 heterocycles. The Balaban J connectivity index is 1.89. The van der Waals surface area contributed by atoms with Gasteiger partial charge in [0.05, 0.1) is 5.56 Å². The van der Waals surface area contributed by atoms with Crippen LogP contribution in [0.1, 0.15) is 10.4 Å². The van der Waals surface area contributed by atoms with Gasteiger partial charge in [-0.1, -0.05) is 18.2 Å². The fraction of sp³-hybridized carbons (Fsp3) is 0.353. The fourth-order valence-corrected chi connectivity index (χ4v) is 3.66. The molecule has 22 heavy (non-hydrogen) atoms. The van der Waals surface area contributed by atoms with Gasteiger partial charge in [0, 0.05) is 43.8 Å². The molecule has 4 nitrogen and oxygen atoms in total. The van der Waals surface area contributed by atoms with Crippen molar-refractivity contribution in [2.24, 2.45) is 4.99 Å². The van der Waals surface area contributed by atoms with Crippen molar-refractivity contribution in [3.05, 3.63) is 46.8 Å². The third-order valence-corrected chi connectivity index (χ3v) is 4.72. The van der Waals surface area contributed by atoms with Crippen LogP contribution in [0.2, 0.25) is 0 Å². The number of hydrogen-bond donors (Lipinski definition) is 2. The second-order valence-corrected chi connectivity index (χ2v) is 6.63. The van der Waals surface area contributed by atoms with Crippen molar-refractivity contribution in [3.63, 3.8) is 0 Å². The lowest BCUT2D eigenvalue weighted by Crippen LogP contribution is -2.46. The summed E-state index contributed by atoms with van der Waals surface area (Å²) >= 11 is 1.78. The van der Waals surface area contributed by atoms with Crippen molar-refractivity contribution < 1.29 is 0 Å². The Labute approximate surface area is 135 Å². The minimum Gasteiger partial charge on any atom is -0.354 e. The number of nitrogens with zero attached hydrogens (tertiary/aromatic N) is 2. The Morgan fingerprint density at radius 3 is 2.64 bits per heavy atom. The monoisotopic (exact) mass is 314 g/mol. The van der Waals surface area contributed by atoms with Crippen LogP contribution >= 0.6 is 11.3 Å². The number of piperazine rings is 1. The first-order valence-corrected chi connectivity index (χ1v) is 8.45. The molecule has 0 bridgehead atoms. The Bertz CT molecular complexity index is 642. The van der Waals surface area contributed by atoms with E-state index < -0.39 is 0 Å². The third-order valence-electron chi connectivity index (χ3n) is 3.76. The summed E-state index contributed by atoms with van der Waals surface area (Å²) in [6.45, 7) is 6.20. The van der Waals surface area contributed by atoms with Crippen LogP contribution in [0.15, 0.2) is 41.4 Å². The fourth-order valence-electron chi connectivity index (χ4n) is 2.73. The van der Waals surface area contributed by atoms with Crippen LogP contribution in [0.4, 0.5) is 10.7 Å². The maximum absolute atomic E-state index is 4.58. The van der Waals surface area contributed by atoms with Crippen molar-refractivity contribution in [2.45, 2.75) is 6.92 Å². The number of rotatable bonds is 3. The molecule has 2 aromatic rings. The molecule has 2 N–H and O–H groups in total. The zero-order chi connectivity index (χ0) is 15.4. The predicted octanol–water partition coefficient (Wildman–Crippen LogP) is 3.08. The van der Waals surface area contributed by atoms with Gasteiger partial charge in [-0.25, -0.2) is 0 Å². The number of aryl methyl sites for hydroxylation is 1. The number of thiophene rings is 1. The number of para-hydroxylation sites is 1. The van der Waals surface area contributed by atoms with E-state index in [1.165, 1.54) is 15.4 Å². The van der Waals surface area contributed by atoms with Gasteiger partial charge in [0.15, 0.2) is 0 Å². The summed E-state index contributed by atoms with van der Waals surface area (Å²) in [7, 11) is 1.89. The van der Waals surface area contributed by atoms with E-state index in [0.29, 0.717) is 0 Å². The van der Waals surface area contributed by atoms with E-state index in [2.05, 4.69) is 45.6 Å². The Hall–Kier alpha value is -1.85. The molecule has 0 unspecified atom stereocenters. The molecule has 1 aromatic heterocycles. The van der Waals surface area contributed by atoms with Gasteiger partial charge in [-0.3, -0.25) is 4.99 Å². The largest absolute Gasteiger partial charge is 0.354 e. The first-order chi connectivity index (χ1) is 10.8. The summed E-state index contributed by atoms with van der Waals surface area (Å²) in [5, 5.41) is 8.11. The molecule has 3 rings (SSSR count). The topological polar surface area (TPSA) is 39.7 Å². The van der Waals surface area contributed by atoms with Crippen LogP contribution in [0.3, 0.4) is 0 Å².